The molecule has 3 rings (SSSR count). The van der Waals surface area contributed by atoms with E-state index in [0.717, 1.165) is 16.6 Å². The molecule has 0 aliphatic rings. The molecule has 104 valence electrons. The molecule has 0 aliphatic carbocycles. The van der Waals surface area contributed by atoms with Crippen LogP contribution in [0.3, 0.4) is 0 Å². The maximum absolute atomic E-state index is 7.42. The summed E-state index contributed by atoms with van der Waals surface area (Å²) < 4.78 is 5.81. The van der Waals surface area contributed by atoms with E-state index in [1.54, 1.807) is 18.2 Å². The number of pyridine rings is 2. The van der Waals surface area contributed by atoms with Gasteiger partial charge >= 0.3 is 0 Å². The minimum absolute atomic E-state index is 0.0904. The van der Waals surface area contributed by atoms with Crippen molar-refractivity contribution in [3.8, 4) is 11.6 Å². The lowest BCUT2D eigenvalue weighted by atomic mass is 10.2. The van der Waals surface area contributed by atoms with E-state index in [1.807, 2.05) is 37.3 Å². The van der Waals surface area contributed by atoms with Gasteiger partial charge in [0.1, 0.15) is 17.0 Å². The van der Waals surface area contributed by atoms with Gasteiger partial charge in [0.15, 0.2) is 5.75 Å². The Morgan fingerprint density at radius 1 is 1.05 bits per heavy atom. The average Bonchev–Trinajstić information content (AvgIpc) is 2.48. The number of para-hydroxylation sites is 1. The zero-order valence-electron chi connectivity index (χ0n) is 11.5. The predicted molar refractivity (Wildman–Crippen MR) is 81.8 cm³/mol. The van der Waals surface area contributed by atoms with Crippen molar-refractivity contribution in [2.24, 2.45) is 5.73 Å². The summed E-state index contributed by atoms with van der Waals surface area (Å²) in [6, 6.07) is 14.8. The topological polar surface area (TPSA) is 84.9 Å². The monoisotopic (exact) mass is 278 g/mol. The summed E-state index contributed by atoms with van der Waals surface area (Å²) in [5.74, 6) is 0.926. The van der Waals surface area contributed by atoms with Crippen LogP contribution >= 0.6 is 0 Å². The van der Waals surface area contributed by atoms with Crippen LogP contribution in [0.5, 0.6) is 11.6 Å². The van der Waals surface area contributed by atoms with Crippen molar-refractivity contribution >= 4 is 16.7 Å². The molecule has 3 N–H and O–H groups in total. The fourth-order valence-corrected chi connectivity index (χ4v) is 2.03. The molecule has 5 nitrogen and oxygen atoms in total. The van der Waals surface area contributed by atoms with Crippen LogP contribution in [0.15, 0.2) is 48.5 Å². The van der Waals surface area contributed by atoms with Crippen molar-refractivity contribution in [1.29, 1.82) is 5.41 Å². The first-order valence-electron chi connectivity index (χ1n) is 6.49. The minimum Gasteiger partial charge on any atom is -0.437 e. The van der Waals surface area contributed by atoms with E-state index in [0.29, 0.717) is 17.3 Å². The molecule has 21 heavy (non-hydrogen) atoms. The second kappa shape index (κ2) is 5.20. The average molecular weight is 278 g/mol. The number of hydrogen-bond donors (Lipinski definition) is 2. The molecule has 0 atom stereocenters. The Morgan fingerprint density at radius 3 is 2.67 bits per heavy atom. The first-order chi connectivity index (χ1) is 10.1. The van der Waals surface area contributed by atoms with Gasteiger partial charge in [-0.05, 0) is 25.1 Å². The Morgan fingerprint density at radius 2 is 1.86 bits per heavy atom. The normalized spacial score (nSPS) is 10.5. The van der Waals surface area contributed by atoms with Gasteiger partial charge in [0.05, 0.1) is 0 Å². The lowest BCUT2D eigenvalue weighted by Crippen LogP contribution is -2.13. The Labute approximate surface area is 121 Å². The van der Waals surface area contributed by atoms with Crippen LogP contribution in [0.4, 0.5) is 0 Å². The van der Waals surface area contributed by atoms with Gasteiger partial charge in [-0.25, -0.2) is 9.97 Å². The molecule has 0 aliphatic heterocycles. The molecule has 1 aromatic carbocycles. The number of rotatable bonds is 3. The molecule has 0 spiro atoms. The third kappa shape index (κ3) is 2.67. The highest BCUT2D eigenvalue weighted by Gasteiger charge is 2.07. The van der Waals surface area contributed by atoms with Gasteiger partial charge in [-0.15, -0.1) is 0 Å². The van der Waals surface area contributed by atoms with E-state index < -0.39 is 0 Å². The van der Waals surface area contributed by atoms with Gasteiger partial charge in [0, 0.05) is 17.1 Å². The summed E-state index contributed by atoms with van der Waals surface area (Å²) >= 11 is 0. The van der Waals surface area contributed by atoms with Crippen molar-refractivity contribution in [1.82, 2.24) is 9.97 Å². The molecule has 5 heteroatoms. The number of nitrogen functional groups attached to an aromatic ring is 1. The summed E-state index contributed by atoms with van der Waals surface area (Å²) in [4.78, 5) is 8.71. The number of benzene rings is 1. The van der Waals surface area contributed by atoms with E-state index in [4.69, 9.17) is 15.9 Å². The highest BCUT2D eigenvalue weighted by molar-refractivity contribution is 5.93. The zero-order chi connectivity index (χ0) is 14.8. The number of aromatic nitrogens is 2. The quantitative estimate of drug-likeness (QED) is 0.569. The lowest BCUT2D eigenvalue weighted by molar-refractivity contribution is 0.466. The zero-order valence-corrected chi connectivity index (χ0v) is 11.5. The summed E-state index contributed by atoms with van der Waals surface area (Å²) in [5, 5.41) is 8.42. The third-order valence-electron chi connectivity index (χ3n) is 3.04. The van der Waals surface area contributed by atoms with E-state index in [9.17, 15) is 0 Å². The standard InChI is InChI=1S/C16H14N4O/c1-10-8-9-11-4-2-6-13(15(11)19-10)21-14-7-3-5-12(20-14)16(17)18/h2-9H,1H3,(H3,17,18). The van der Waals surface area contributed by atoms with Crippen molar-refractivity contribution in [3.63, 3.8) is 0 Å². The number of amidine groups is 1. The smallest absolute Gasteiger partial charge is 0.219 e. The minimum atomic E-state index is -0.0904. The number of hydrogen-bond acceptors (Lipinski definition) is 4. The van der Waals surface area contributed by atoms with Crippen molar-refractivity contribution in [2.45, 2.75) is 6.92 Å². The molecule has 0 saturated carbocycles. The predicted octanol–water partition coefficient (Wildman–Crippen LogP) is 3.01. The number of aryl methyl sites for hydroxylation is 1. The first-order valence-corrected chi connectivity index (χ1v) is 6.49. The molecule has 0 radical (unpaired) electrons. The van der Waals surface area contributed by atoms with E-state index in [1.165, 1.54) is 0 Å². The SMILES string of the molecule is Cc1ccc2cccc(Oc3cccc(C(=N)N)n3)c2n1. The number of nitrogens with zero attached hydrogens (tertiary/aromatic N) is 2. The maximum Gasteiger partial charge on any atom is 0.219 e. The summed E-state index contributed by atoms with van der Waals surface area (Å²) in [6.45, 7) is 1.94. The summed E-state index contributed by atoms with van der Waals surface area (Å²) in [7, 11) is 0. The Bertz CT molecular complexity index is 829. The van der Waals surface area contributed by atoms with Gasteiger partial charge in [0.25, 0.3) is 0 Å². The highest BCUT2D eigenvalue weighted by Crippen LogP contribution is 2.27. The lowest BCUT2D eigenvalue weighted by Gasteiger charge is -2.09. The number of nitrogens with one attached hydrogen (secondary N) is 1. The van der Waals surface area contributed by atoms with Gasteiger partial charge in [0.2, 0.25) is 5.88 Å². The largest absolute Gasteiger partial charge is 0.437 e. The van der Waals surface area contributed by atoms with E-state index in [-0.39, 0.29) is 5.84 Å². The summed E-state index contributed by atoms with van der Waals surface area (Å²) in [6.07, 6.45) is 0. The Hall–Kier alpha value is -2.95. The fraction of sp³-hybridized carbons (Fsp3) is 0.0625. The molecule has 0 fully saturated rings. The summed E-state index contributed by atoms with van der Waals surface area (Å²) in [5.41, 5.74) is 7.53. The van der Waals surface area contributed by atoms with Crippen LogP contribution in [0.1, 0.15) is 11.4 Å². The first kappa shape index (κ1) is 13.1. The van der Waals surface area contributed by atoms with Crippen molar-refractivity contribution in [3.05, 3.63) is 59.9 Å². The van der Waals surface area contributed by atoms with Crippen molar-refractivity contribution < 1.29 is 4.74 Å². The Balaban J connectivity index is 2.04. The van der Waals surface area contributed by atoms with Crippen LogP contribution in [0.25, 0.3) is 10.9 Å². The van der Waals surface area contributed by atoms with E-state index >= 15 is 0 Å². The van der Waals surface area contributed by atoms with E-state index in [2.05, 4.69) is 9.97 Å². The second-order valence-corrected chi connectivity index (χ2v) is 4.66. The van der Waals surface area contributed by atoms with Crippen LogP contribution in [0.2, 0.25) is 0 Å². The van der Waals surface area contributed by atoms with Crippen molar-refractivity contribution in [2.75, 3.05) is 0 Å². The number of ether oxygens (including phenoxy) is 1. The molecule has 3 aromatic rings. The molecule has 2 heterocycles. The third-order valence-corrected chi connectivity index (χ3v) is 3.04. The van der Waals surface area contributed by atoms with Gasteiger partial charge in [-0.1, -0.05) is 24.3 Å². The molecule has 0 bridgehead atoms. The van der Waals surface area contributed by atoms with Gasteiger partial charge in [-0.3, -0.25) is 5.41 Å². The number of nitrogens with two attached hydrogens (primary N) is 1. The fourth-order valence-electron chi connectivity index (χ4n) is 2.03. The van der Waals surface area contributed by atoms with Gasteiger partial charge < -0.3 is 10.5 Å². The highest BCUT2D eigenvalue weighted by atomic mass is 16.5. The maximum atomic E-state index is 7.42. The van der Waals surface area contributed by atoms with Crippen LogP contribution in [-0.4, -0.2) is 15.8 Å². The molecule has 0 amide bonds. The molecule has 0 saturated heterocycles. The molecule has 0 unspecified atom stereocenters. The number of fused-ring (bicyclic) bond motifs is 1. The Kier molecular flexibility index (Phi) is 3.23. The molecule has 2 aromatic heterocycles. The van der Waals surface area contributed by atoms with Crippen LogP contribution < -0.4 is 10.5 Å². The molecular weight excluding hydrogens is 264 g/mol. The van der Waals surface area contributed by atoms with Crippen LogP contribution in [0, 0.1) is 12.3 Å². The molecular formula is C16H14N4O. The van der Waals surface area contributed by atoms with Crippen LogP contribution in [-0.2, 0) is 0 Å². The second-order valence-electron chi connectivity index (χ2n) is 4.66. The van der Waals surface area contributed by atoms with Gasteiger partial charge in [-0.2, -0.15) is 0 Å².